The SMILES string of the molecule is CNCCc1ccc(S(=O)(=O)N(C)C(C)C(C)C)s1. The third-order valence-electron chi connectivity index (χ3n) is 3.43. The zero-order valence-electron chi connectivity index (χ0n) is 12.3. The topological polar surface area (TPSA) is 49.4 Å². The molecule has 6 heteroatoms. The summed E-state index contributed by atoms with van der Waals surface area (Å²) < 4.78 is 26.9. The number of sulfonamides is 1. The summed E-state index contributed by atoms with van der Waals surface area (Å²) in [7, 11) is 0.196. The van der Waals surface area contributed by atoms with Crippen molar-refractivity contribution < 1.29 is 8.42 Å². The van der Waals surface area contributed by atoms with E-state index in [2.05, 4.69) is 5.32 Å². The van der Waals surface area contributed by atoms with Gasteiger partial charge in [0.1, 0.15) is 4.21 Å². The van der Waals surface area contributed by atoms with Crippen molar-refractivity contribution in [1.82, 2.24) is 9.62 Å². The highest BCUT2D eigenvalue weighted by molar-refractivity contribution is 7.91. The van der Waals surface area contributed by atoms with Gasteiger partial charge in [0.15, 0.2) is 0 Å². The van der Waals surface area contributed by atoms with Crippen molar-refractivity contribution in [3.8, 4) is 0 Å². The van der Waals surface area contributed by atoms with E-state index in [1.54, 1.807) is 13.1 Å². The molecule has 1 rings (SSSR count). The van der Waals surface area contributed by atoms with Gasteiger partial charge in [0.25, 0.3) is 10.0 Å². The number of thiophene rings is 1. The molecule has 110 valence electrons. The Morgan fingerprint density at radius 2 is 1.95 bits per heavy atom. The molecule has 4 nitrogen and oxygen atoms in total. The first-order valence-electron chi connectivity index (χ1n) is 6.52. The maximum absolute atomic E-state index is 12.5. The second kappa shape index (κ2) is 6.83. The highest BCUT2D eigenvalue weighted by atomic mass is 32.2. The van der Waals surface area contributed by atoms with Gasteiger partial charge in [0.05, 0.1) is 0 Å². The van der Waals surface area contributed by atoms with Crippen molar-refractivity contribution in [2.24, 2.45) is 5.92 Å². The summed E-state index contributed by atoms with van der Waals surface area (Å²) in [5.74, 6) is 0.295. The van der Waals surface area contributed by atoms with Crippen LogP contribution in [0.2, 0.25) is 0 Å². The lowest BCUT2D eigenvalue weighted by Crippen LogP contribution is -2.37. The molecule has 0 aliphatic carbocycles. The maximum Gasteiger partial charge on any atom is 0.252 e. The summed E-state index contributed by atoms with van der Waals surface area (Å²) >= 11 is 1.37. The van der Waals surface area contributed by atoms with Crippen LogP contribution < -0.4 is 5.32 Å². The van der Waals surface area contributed by atoms with Crippen LogP contribution in [0.25, 0.3) is 0 Å². The minimum atomic E-state index is -3.36. The van der Waals surface area contributed by atoms with Crippen molar-refractivity contribution in [2.45, 2.75) is 37.4 Å². The highest BCUT2D eigenvalue weighted by Gasteiger charge is 2.28. The average Bonchev–Trinajstić information content (AvgIpc) is 2.83. The molecule has 0 fully saturated rings. The predicted octanol–water partition coefficient (Wildman–Crippen LogP) is 2.17. The van der Waals surface area contributed by atoms with Crippen LogP contribution in [0.4, 0.5) is 0 Å². The van der Waals surface area contributed by atoms with Gasteiger partial charge in [-0.1, -0.05) is 13.8 Å². The van der Waals surface area contributed by atoms with E-state index < -0.39 is 10.0 Å². The number of nitrogens with zero attached hydrogens (tertiary/aromatic N) is 1. The summed E-state index contributed by atoms with van der Waals surface area (Å²) in [4.78, 5) is 1.10. The molecule has 0 saturated carbocycles. The lowest BCUT2D eigenvalue weighted by Gasteiger charge is -2.26. The Kier molecular flexibility index (Phi) is 5.98. The predicted molar refractivity (Wildman–Crippen MR) is 81.2 cm³/mol. The van der Waals surface area contributed by atoms with Gasteiger partial charge in [-0.25, -0.2) is 8.42 Å². The van der Waals surface area contributed by atoms with Gasteiger partial charge >= 0.3 is 0 Å². The van der Waals surface area contributed by atoms with Crippen LogP contribution in [-0.4, -0.2) is 39.4 Å². The molecule has 0 spiro atoms. The second-order valence-corrected chi connectivity index (χ2v) is 8.47. The van der Waals surface area contributed by atoms with Crippen LogP contribution in [0.15, 0.2) is 16.3 Å². The first-order chi connectivity index (χ1) is 8.80. The van der Waals surface area contributed by atoms with Crippen LogP contribution in [-0.2, 0) is 16.4 Å². The van der Waals surface area contributed by atoms with Gasteiger partial charge in [-0.05, 0) is 45.0 Å². The Morgan fingerprint density at radius 1 is 1.32 bits per heavy atom. The van der Waals surface area contributed by atoms with E-state index in [9.17, 15) is 8.42 Å². The quantitative estimate of drug-likeness (QED) is 0.840. The lowest BCUT2D eigenvalue weighted by molar-refractivity contribution is 0.316. The number of rotatable bonds is 7. The summed E-state index contributed by atoms with van der Waals surface area (Å²) in [6.45, 7) is 6.86. The van der Waals surface area contributed by atoms with Crippen LogP contribution >= 0.6 is 11.3 Å². The first-order valence-corrected chi connectivity index (χ1v) is 8.77. The second-order valence-electron chi connectivity index (χ2n) is 5.08. The zero-order valence-corrected chi connectivity index (χ0v) is 13.9. The largest absolute Gasteiger partial charge is 0.319 e. The zero-order chi connectivity index (χ0) is 14.6. The molecule has 0 aliphatic rings. The van der Waals surface area contributed by atoms with E-state index in [4.69, 9.17) is 0 Å². The van der Waals surface area contributed by atoms with E-state index >= 15 is 0 Å². The molecule has 0 amide bonds. The Hall–Kier alpha value is -0.430. The van der Waals surface area contributed by atoms with E-state index in [-0.39, 0.29) is 6.04 Å². The molecule has 1 heterocycles. The van der Waals surface area contributed by atoms with E-state index in [0.29, 0.717) is 10.1 Å². The molecule has 1 N–H and O–H groups in total. The van der Waals surface area contributed by atoms with Gasteiger partial charge in [-0.15, -0.1) is 11.3 Å². The Balaban J connectivity index is 2.91. The fourth-order valence-electron chi connectivity index (χ4n) is 1.66. The number of likely N-dealkylation sites (N-methyl/N-ethyl adjacent to an activating group) is 1. The molecule has 0 saturated heterocycles. The molecular formula is C13H24N2O2S2. The molecular weight excluding hydrogens is 280 g/mol. The summed E-state index contributed by atoms with van der Waals surface area (Å²) in [6.07, 6.45) is 0.861. The lowest BCUT2D eigenvalue weighted by atomic mass is 10.1. The van der Waals surface area contributed by atoms with Gasteiger partial charge in [0, 0.05) is 18.0 Å². The van der Waals surface area contributed by atoms with E-state index in [0.717, 1.165) is 17.8 Å². The number of nitrogens with one attached hydrogen (secondary N) is 1. The van der Waals surface area contributed by atoms with Crippen molar-refractivity contribution in [1.29, 1.82) is 0 Å². The van der Waals surface area contributed by atoms with Crippen LogP contribution in [0, 0.1) is 5.92 Å². The van der Waals surface area contributed by atoms with Crippen molar-refractivity contribution in [3.05, 3.63) is 17.0 Å². The van der Waals surface area contributed by atoms with Crippen molar-refractivity contribution in [2.75, 3.05) is 20.6 Å². The molecule has 19 heavy (non-hydrogen) atoms. The van der Waals surface area contributed by atoms with E-state index in [1.807, 2.05) is 33.9 Å². The Bertz CT molecular complexity index is 494. The molecule has 1 atom stereocenters. The van der Waals surface area contributed by atoms with Gasteiger partial charge < -0.3 is 5.32 Å². The minimum absolute atomic E-state index is 0.00661. The molecule has 0 bridgehead atoms. The summed E-state index contributed by atoms with van der Waals surface area (Å²) in [5.41, 5.74) is 0. The number of hydrogen-bond donors (Lipinski definition) is 1. The van der Waals surface area contributed by atoms with Crippen molar-refractivity contribution in [3.63, 3.8) is 0 Å². The first kappa shape index (κ1) is 16.6. The molecule has 0 aliphatic heterocycles. The van der Waals surface area contributed by atoms with Gasteiger partial charge in [-0.3, -0.25) is 0 Å². The smallest absolute Gasteiger partial charge is 0.252 e. The fraction of sp³-hybridized carbons (Fsp3) is 0.692. The normalized spacial score (nSPS) is 14.3. The van der Waals surface area contributed by atoms with Crippen molar-refractivity contribution >= 4 is 21.4 Å². The Morgan fingerprint density at radius 3 is 2.47 bits per heavy atom. The standard InChI is InChI=1S/C13H24N2O2S2/c1-10(2)11(3)15(5)19(16,17)13-7-6-12(18-13)8-9-14-4/h6-7,10-11,14H,8-9H2,1-5H3. The summed E-state index contributed by atoms with van der Waals surface area (Å²) in [6, 6.07) is 3.62. The molecule has 1 aromatic rings. The molecule has 1 aromatic heterocycles. The maximum atomic E-state index is 12.5. The third kappa shape index (κ3) is 4.02. The third-order valence-corrected chi connectivity index (χ3v) is 6.99. The molecule has 0 radical (unpaired) electrons. The van der Waals surface area contributed by atoms with Gasteiger partial charge in [-0.2, -0.15) is 4.31 Å². The molecule has 0 aromatic carbocycles. The highest BCUT2D eigenvalue weighted by Crippen LogP contribution is 2.26. The minimum Gasteiger partial charge on any atom is -0.319 e. The molecule has 1 unspecified atom stereocenters. The Labute approximate surface area is 120 Å². The fourth-order valence-corrected chi connectivity index (χ4v) is 4.69. The van der Waals surface area contributed by atoms with Gasteiger partial charge in [0.2, 0.25) is 0 Å². The monoisotopic (exact) mass is 304 g/mol. The van der Waals surface area contributed by atoms with E-state index in [1.165, 1.54) is 15.6 Å². The average molecular weight is 304 g/mol. The van der Waals surface area contributed by atoms with Crippen LogP contribution in [0.3, 0.4) is 0 Å². The number of hydrogen-bond acceptors (Lipinski definition) is 4. The van der Waals surface area contributed by atoms with Crippen LogP contribution in [0.5, 0.6) is 0 Å². The van der Waals surface area contributed by atoms with Crippen LogP contribution in [0.1, 0.15) is 25.6 Å². The summed E-state index contributed by atoms with van der Waals surface area (Å²) in [5, 5.41) is 3.07.